The highest BCUT2D eigenvalue weighted by Gasteiger charge is 2.16. The van der Waals surface area contributed by atoms with Gasteiger partial charge in [-0.2, -0.15) is 0 Å². The number of aryl methyl sites for hydroxylation is 1. The molecule has 0 saturated heterocycles. The summed E-state index contributed by atoms with van der Waals surface area (Å²) >= 11 is 3.45. The van der Waals surface area contributed by atoms with Gasteiger partial charge in [0.2, 0.25) is 10.0 Å². The molecule has 1 atom stereocenters. The Morgan fingerprint density at radius 1 is 1.24 bits per heavy atom. The number of nitrogens with one attached hydrogen (secondary N) is 1. The van der Waals surface area contributed by atoms with Crippen LogP contribution in [0.1, 0.15) is 19.4 Å². The van der Waals surface area contributed by atoms with Gasteiger partial charge in [0.15, 0.2) is 0 Å². The van der Waals surface area contributed by atoms with Gasteiger partial charge in [0.1, 0.15) is 0 Å². The molecule has 1 rings (SSSR count). The molecule has 0 amide bonds. The highest BCUT2D eigenvalue weighted by molar-refractivity contribution is 9.09. The largest absolute Gasteiger partial charge is 0.240 e. The van der Waals surface area contributed by atoms with E-state index < -0.39 is 10.0 Å². The summed E-state index contributed by atoms with van der Waals surface area (Å²) < 4.78 is 26.5. The molecule has 17 heavy (non-hydrogen) atoms. The number of benzene rings is 1. The molecule has 1 aromatic rings. The van der Waals surface area contributed by atoms with Gasteiger partial charge >= 0.3 is 0 Å². The van der Waals surface area contributed by atoms with E-state index in [1.807, 2.05) is 20.8 Å². The molecule has 0 aliphatic rings. The maximum absolute atomic E-state index is 11.9. The van der Waals surface area contributed by atoms with E-state index in [1.54, 1.807) is 24.3 Å². The molecule has 0 heterocycles. The molecule has 0 aliphatic carbocycles. The molecule has 3 nitrogen and oxygen atoms in total. The molecule has 0 aromatic heterocycles. The van der Waals surface area contributed by atoms with Crippen LogP contribution in [0, 0.1) is 12.8 Å². The summed E-state index contributed by atoms with van der Waals surface area (Å²) in [6.07, 6.45) is 0. The Bertz CT molecular complexity index is 454. The van der Waals surface area contributed by atoms with Crippen LogP contribution >= 0.6 is 15.9 Å². The lowest BCUT2D eigenvalue weighted by molar-refractivity contribution is 0.563. The third-order valence-corrected chi connectivity index (χ3v) is 5.34. The molecular formula is C12H18BrNO2S. The summed E-state index contributed by atoms with van der Waals surface area (Å²) in [6.45, 7) is 6.41. The predicted molar refractivity (Wildman–Crippen MR) is 73.9 cm³/mol. The van der Waals surface area contributed by atoms with Crippen LogP contribution in [0.25, 0.3) is 0 Å². The van der Waals surface area contributed by atoms with Gasteiger partial charge in [0.25, 0.3) is 0 Å². The van der Waals surface area contributed by atoms with Crippen LogP contribution in [0.15, 0.2) is 29.2 Å². The summed E-state index contributed by atoms with van der Waals surface area (Å²) in [5.41, 5.74) is 1.05. The van der Waals surface area contributed by atoms with E-state index in [2.05, 4.69) is 20.7 Å². The van der Waals surface area contributed by atoms with Crippen LogP contribution in [0.4, 0.5) is 0 Å². The number of hydrogen-bond acceptors (Lipinski definition) is 2. The number of alkyl halides is 1. The Morgan fingerprint density at radius 2 is 1.76 bits per heavy atom. The van der Waals surface area contributed by atoms with Crippen molar-refractivity contribution >= 4 is 26.0 Å². The topological polar surface area (TPSA) is 46.2 Å². The van der Waals surface area contributed by atoms with E-state index >= 15 is 0 Å². The fourth-order valence-corrected chi connectivity index (χ4v) is 2.66. The minimum Gasteiger partial charge on any atom is -0.210 e. The molecule has 5 heteroatoms. The summed E-state index contributed by atoms with van der Waals surface area (Å²) in [5, 5.41) is 0. The lowest BCUT2D eigenvalue weighted by atomic mass is 10.1. The van der Waals surface area contributed by atoms with Crippen LogP contribution in [0.3, 0.4) is 0 Å². The number of rotatable bonds is 5. The molecule has 0 saturated carbocycles. The second-order valence-corrected chi connectivity index (χ2v) is 7.37. The van der Waals surface area contributed by atoms with E-state index in [4.69, 9.17) is 0 Å². The summed E-state index contributed by atoms with van der Waals surface area (Å²) in [4.78, 5) is 0.453. The van der Waals surface area contributed by atoms with Gasteiger partial charge in [-0.25, -0.2) is 13.1 Å². The van der Waals surface area contributed by atoms with Gasteiger partial charge < -0.3 is 0 Å². The molecule has 0 radical (unpaired) electrons. The second kappa shape index (κ2) is 5.98. The first-order valence-corrected chi connectivity index (χ1v) is 7.93. The predicted octanol–water partition coefficient (Wildman–Crippen LogP) is 2.69. The average molecular weight is 320 g/mol. The van der Waals surface area contributed by atoms with Crippen LogP contribution in [-0.4, -0.2) is 19.8 Å². The van der Waals surface area contributed by atoms with E-state index in [1.165, 1.54) is 0 Å². The van der Waals surface area contributed by atoms with Gasteiger partial charge in [-0.3, -0.25) is 0 Å². The van der Waals surface area contributed by atoms with Crippen molar-refractivity contribution in [3.8, 4) is 0 Å². The minimum absolute atomic E-state index is 0.141. The molecule has 0 aliphatic heterocycles. The van der Waals surface area contributed by atoms with Gasteiger partial charge in [-0.05, 0) is 25.0 Å². The van der Waals surface area contributed by atoms with Crippen LogP contribution in [0.5, 0.6) is 0 Å². The Kier molecular flexibility index (Phi) is 5.16. The Balaban J connectivity index is 2.72. The Morgan fingerprint density at radius 3 is 2.24 bits per heavy atom. The van der Waals surface area contributed by atoms with Gasteiger partial charge in [-0.15, -0.1) is 0 Å². The van der Waals surface area contributed by atoms with E-state index in [9.17, 15) is 8.42 Å². The van der Waals surface area contributed by atoms with Gasteiger partial charge in [0.05, 0.1) is 4.90 Å². The van der Waals surface area contributed by atoms with Crippen molar-refractivity contribution in [2.24, 2.45) is 5.92 Å². The minimum atomic E-state index is -3.39. The molecule has 1 aromatic carbocycles. The zero-order valence-corrected chi connectivity index (χ0v) is 12.7. The normalized spacial score (nSPS) is 13.9. The fraction of sp³-hybridized carbons (Fsp3) is 0.500. The van der Waals surface area contributed by atoms with Crippen molar-refractivity contribution < 1.29 is 8.42 Å². The van der Waals surface area contributed by atoms with E-state index in [0.717, 1.165) is 5.56 Å². The third kappa shape index (κ3) is 4.41. The Hall–Kier alpha value is -0.390. The maximum atomic E-state index is 11.9. The smallest absolute Gasteiger partial charge is 0.210 e. The first-order chi connectivity index (χ1) is 7.83. The first kappa shape index (κ1) is 14.7. The molecule has 0 spiro atoms. The summed E-state index contributed by atoms with van der Waals surface area (Å²) in [6, 6.07) is 6.83. The van der Waals surface area contributed by atoms with Crippen molar-refractivity contribution in [1.82, 2.24) is 4.72 Å². The van der Waals surface area contributed by atoms with Crippen molar-refractivity contribution in [3.63, 3.8) is 0 Å². The van der Waals surface area contributed by atoms with Crippen LogP contribution in [-0.2, 0) is 10.0 Å². The summed E-state index contributed by atoms with van der Waals surface area (Å²) in [7, 11) is -3.39. The van der Waals surface area contributed by atoms with Crippen molar-refractivity contribution in [2.45, 2.75) is 30.5 Å². The molecule has 0 fully saturated rings. The van der Waals surface area contributed by atoms with E-state index in [0.29, 0.717) is 17.4 Å². The summed E-state index contributed by atoms with van der Waals surface area (Å²) in [5.74, 6) is 0.385. The molecular weight excluding hydrogens is 302 g/mol. The van der Waals surface area contributed by atoms with Gasteiger partial charge in [0, 0.05) is 11.4 Å². The monoisotopic (exact) mass is 319 g/mol. The number of hydrogen-bond donors (Lipinski definition) is 1. The standard InChI is InChI=1S/C12H18BrNO2S/c1-9(2)12(13)8-14-17(15,16)11-6-4-10(3)5-7-11/h4-7,9,12,14H,8H2,1-3H3/t12-/m1/s1. The fourth-order valence-electron chi connectivity index (χ4n) is 1.23. The van der Waals surface area contributed by atoms with Crippen LogP contribution < -0.4 is 4.72 Å². The SMILES string of the molecule is Cc1ccc(S(=O)(=O)NC[C@@H](Br)C(C)C)cc1. The molecule has 0 bridgehead atoms. The zero-order valence-electron chi connectivity index (χ0n) is 10.3. The zero-order chi connectivity index (χ0) is 13.1. The lowest BCUT2D eigenvalue weighted by Crippen LogP contribution is -2.31. The first-order valence-electron chi connectivity index (χ1n) is 5.53. The third-order valence-electron chi connectivity index (χ3n) is 2.52. The second-order valence-electron chi connectivity index (χ2n) is 4.42. The van der Waals surface area contributed by atoms with Crippen molar-refractivity contribution in [2.75, 3.05) is 6.54 Å². The lowest BCUT2D eigenvalue weighted by Gasteiger charge is -2.14. The molecule has 0 unspecified atom stereocenters. The highest BCUT2D eigenvalue weighted by atomic mass is 79.9. The highest BCUT2D eigenvalue weighted by Crippen LogP contribution is 2.13. The van der Waals surface area contributed by atoms with Crippen LogP contribution in [0.2, 0.25) is 0 Å². The molecule has 1 N–H and O–H groups in total. The quantitative estimate of drug-likeness (QED) is 0.848. The number of sulfonamides is 1. The van der Waals surface area contributed by atoms with Crippen molar-refractivity contribution in [3.05, 3.63) is 29.8 Å². The van der Waals surface area contributed by atoms with Gasteiger partial charge in [-0.1, -0.05) is 47.5 Å². The average Bonchev–Trinajstić information content (AvgIpc) is 2.26. The van der Waals surface area contributed by atoms with Crippen molar-refractivity contribution in [1.29, 1.82) is 0 Å². The number of halogens is 1. The Labute approximate surface area is 112 Å². The maximum Gasteiger partial charge on any atom is 0.240 e. The molecule has 96 valence electrons. The van der Waals surface area contributed by atoms with E-state index in [-0.39, 0.29) is 4.83 Å².